The fourth-order valence-corrected chi connectivity index (χ4v) is 1.86. The zero-order valence-electron chi connectivity index (χ0n) is 11.2. The predicted molar refractivity (Wildman–Crippen MR) is 76.1 cm³/mol. The Balaban J connectivity index is 2.00. The van der Waals surface area contributed by atoms with Crippen LogP contribution in [0.2, 0.25) is 0 Å². The van der Waals surface area contributed by atoms with Crippen LogP contribution in [0.15, 0.2) is 24.3 Å². The average Bonchev–Trinajstić information content (AvgIpc) is 2.79. The number of carbonyl (C=O) groups excluding carboxylic acids is 1. The number of nitrogens with one attached hydrogen (secondary N) is 2. The lowest BCUT2D eigenvalue weighted by atomic mass is 10.2. The predicted octanol–water partition coefficient (Wildman–Crippen LogP) is 1.90. The molecule has 0 spiro atoms. The summed E-state index contributed by atoms with van der Waals surface area (Å²) in [6.07, 6.45) is 0.171. The first kappa shape index (κ1) is 13.4. The molecule has 0 aliphatic rings. The molecule has 5 nitrogen and oxygen atoms in total. The lowest BCUT2D eigenvalue weighted by molar-refractivity contribution is 0.0745. The smallest absolute Gasteiger partial charge is 0.267 e. The summed E-state index contributed by atoms with van der Waals surface area (Å²) < 4.78 is 5.36. The van der Waals surface area contributed by atoms with E-state index in [2.05, 4.69) is 10.3 Å². The number of carbonyl (C=O) groups is 1. The zero-order chi connectivity index (χ0) is 13.8. The lowest BCUT2D eigenvalue weighted by Crippen LogP contribution is -2.28. The molecule has 0 saturated carbocycles. The van der Waals surface area contributed by atoms with Crippen LogP contribution in [0.25, 0.3) is 10.9 Å². The van der Waals surface area contributed by atoms with E-state index in [4.69, 9.17) is 10.5 Å². The molecule has 2 rings (SSSR count). The van der Waals surface area contributed by atoms with Crippen molar-refractivity contribution in [2.75, 3.05) is 18.9 Å². The quantitative estimate of drug-likeness (QED) is 0.568. The molecular formula is C14H19N3O2. The molecular weight excluding hydrogens is 242 g/mol. The second-order valence-electron chi connectivity index (χ2n) is 4.67. The first-order valence-electron chi connectivity index (χ1n) is 6.35. The van der Waals surface area contributed by atoms with E-state index in [0.29, 0.717) is 24.5 Å². The molecule has 0 aliphatic heterocycles. The van der Waals surface area contributed by atoms with Crippen molar-refractivity contribution in [3.05, 3.63) is 30.0 Å². The molecule has 1 amide bonds. The number of nitrogens with two attached hydrogens (primary N) is 1. The molecule has 1 aromatic carbocycles. The number of aromatic nitrogens is 1. The molecule has 102 valence electrons. The van der Waals surface area contributed by atoms with Crippen LogP contribution in [0.3, 0.4) is 0 Å². The van der Waals surface area contributed by atoms with Crippen LogP contribution in [0.1, 0.15) is 24.3 Å². The van der Waals surface area contributed by atoms with Gasteiger partial charge < -0.3 is 20.8 Å². The largest absolute Gasteiger partial charge is 0.397 e. The molecule has 0 radical (unpaired) electrons. The van der Waals surface area contributed by atoms with E-state index in [1.54, 1.807) is 12.1 Å². The highest BCUT2D eigenvalue weighted by Crippen LogP contribution is 2.20. The van der Waals surface area contributed by atoms with Gasteiger partial charge in [-0.3, -0.25) is 4.79 Å². The van der Waals surface area contributed by atoms with Crippen LogP contribution >= 0.6 is 0 Å². The number of fused-ring (bicyclic) bond motifs is 1. The Morgan fingerprint density at radius 3 is 2.95 bits per heavy atom. The van der Waals surface area contributed by atoms with Crippen molar-refractivity contribution >= 4 is 22.5 Å². The summed E-state index contributed by atoms with van der Waals surface area (Å²) in [5.41, 5.74) is 7.79. The third kappa shape index (κ3) is 3.26. The van der Waals surface area contributed by atoms with E-state index >= 15 is 0 Å². The Morgan fingerprint density at radius 1 is 1.47 bits per heavy atom. The van der Waals surface area contributed by atoms with Gasteiger partial charge in [-0.1, -0.05) is 12.1 Å². The number of para-hydroxylation sites is 1. The maximum Gasteiger partial charge on any atom is 0.267 e. The zero-order valence-corrected chi connectivity index (χ0v) is 11.2. The van der Waals surface area contributed by atoms with E-state index < -0.39 is 0 Å². The molecule has 2 aromatic rings. The standard InChI is InChI=1S/C14H19N3O2/c1-9(2)19-7-6-16-14(18)12-8-10-4-3-5-11(15)13(10)17-12/h3-5,8-9,17H,6-7,15H2,1-2H3,(H,16,18). The van der Waals surface area contributed by atoms with Gasteiger partial charge in [0.15, 0.2) is 0 Å². The van der Waals surface area contributed by atoms with Gasteiger partial charge in [-0.2, -0.15) is 0 Å². The molecule has 1 aromatic heterocycles. The molecule has 5 heteroatoms. The van der Waals surface area contributed by atoms with Crippen LogP contribution in [-0.4, -0.2) is 30.1 Å². The molecule has 19 heavy (non-hydrogen) atoms. The summed E-state index contributed by atoms with van der Waals surface area (Å²) in [5, 5.41) is 3.73. The Kier molecular flexibility index (Phi) is 4.06. The number of ether oxygens (including phenoxy) is 1. The maximum atomic E-state index is 11.9. The number of anilines is 1. The highest BCUT2D eigenvalue weighted by Gasteiger charge is 2.10. The van der Waals surface area contributed by atoms with E-state index in [1.165, 1.54) is 0 Å². The summed E-state index contributed by atoms with van der Waals surface area (Å²) in [5.74, 6) is -0.150. The van der Waals surface area contributed by atoms with Crippen LogP contribution in [-0.2, 0) is 4.74 Å². The van der Waals surface area contributed by atoms with Gasteiger partial charge in [0.05, 0.1) is 23.9 Å². The maximum absolute atomic E-state index is 11.9. The number of rotatable bonds is 5. The van der Waals surface area contributed by atoms with E-state index in [-0.39, 0.29) is 12.0 Å². The minimum absolute atomic E-state index is 0.150. The minimum Gasteiger partial charge on any atom is -0.397 e. The Bertz CT molecular complexity index is 575. The normalized spacial score (nSPS) is 11.1. The minimum atomic E-state index is -0.150. The van der Waals surface area contributed by atoms with Gasteiger partial charge in [0.1, 0.15) is 5.69 Å². The molecule has 0 bridgehead atoms. The fraction of sp³-hybridized carbons (Fsp3) is 0.357. The molecule has 1 heterocycles. The van der Waals surface area contributed by atoms with Crippen molar-refractivity contribution < 1.29 is 9.53 Å². The van der Waals surface area contributed by atoms with Crippen molar-refractivity contribution in [2.45, 2.75) is 20.0 Å². The summed E-state index contributed by atoms with van der Waals surface area (Å²) in [6.45, 7) is 4.91. The SMILES string of the molecule is CC(C)OCCNC(=O)c1cc2cccc(N)c2[nH]1. The van der Waals surface area contributed by atoms with E-state index in [0.717, 1.165) is 10.9 Å². The second-order valence-corrected chi connectivity index (χ2v) is 4.67. The van der Waals surface area contributed by atoms with Crippen LogP contribution in [0, 0.1) is 0 Å². The van der Waals surface area contributed by atoms with Crippen LogP contribution in [0.5, 0.6) is 0 Å². The van der Waals surface area contributed by atoms with Gasteiger partial charge in [0.25, 0.3) is 5.91 Å². The number of aromatic amines is 1. The fourth-order valence-electron chi connectivity index (χ4n) is 1.86. The number of hydrogen-bond donors (Lipinski definition) is 3. The molecule has 0 fully saturated rings. The average molecular weight is 261 g/mol. The van der Waals surface area contributed by atoms with Crippen molar-refractivity contribution in [2.24, 2.45) is 0 Å². The summed E-state index contributed by atoms with van der Waals surface area (Å²) >= 11 is 0. The number of nitrogen functional groups attached to an aromatic ring is 1. The molecule has 0 saturated heterocycles. The van der Waals surface area contributed by atoms with Crippen LogP contribution in [0.4, 0.5) is 5.69 Å². The van der Waals surface area contributed by atoms with Crippen molar-refractivity contribution in [1.82, 2.24) is 10.3 Å². The third-order valence-corrected chi connectivity index (χ3v) is 2.77. The number of H-pyrrole nitrogens is 1. The Morgan fingerprint density at radius 2 is 2.26 bits per heavy atom. The Labute approximate surface area is 112 Å². The number of benzene rings is 1. The van der Waals surface area contributed by atoms with Gasteiger partial charge in [0.2, 0.25) is 0 Å². The van der Waals surface area contributed by atoms with E-state index in [1.807, 2.05) is 26.0 Å². The summed E-state index contributed by atoms with van der Waals surface area (Å²) in [7, 11) is 0. The first-order chi connectivity index (χ1) is 9.08. The van der Waals surface area contributed by atoms with Crippen molar-refractivity contribution in [3.63, 3.8) is 0 Å². The topological polar surface area (TPSA) is 80.1 Å². The molecule has 0 unspecified atom stereocenters. The Hall–Kier alpha value is -2.01. The van der Waals surface area contributed by atoms with Crippen molar-refractivity contribution in [3.8, 4) is 0 Å². The van der Waals surface area contributed by atoms with Crippen molar-refractivity contribution in [1.29, 1.82) is 0 Å². The summed E-state index contributed by atoms with van der Waals surface area (Å²) in [6, 6.07) is 7.38. The monoisotopic (exact) mass is 261 g/mol. The molecule has 4 N–H and O–H groups in total. The van der Waals surface area contributed by atoms with Gasteiger partial charge in [0, 0.05) is 11.9 Å². The van der Waals surface area contributed by atoms with Crippen LogP contribution < -0.4 is 11.1 Å². The van der Waals surface area contributed by atoms with Gasteiger partial charge in [-0.05, 0) is 26.0 Å². The first-order valence-corrected chi connectivity index (χ1v) is 6.35. The number of hydrogen-bond acceptors (Lipinski definition) is 3. The van der Waals surface area contributed by atoms with E-state index in [9.17, 15) is 4.79 Å². The highest BCUT2D eigenvalue weighted by atomic mass is 16.5. The summed E-state index contributed by atoms with van der Waals surface area (Å²) in [4.78, 5) is 15.0. The van der Waals surface area contributed by atoms with Gasteiger partial charge in [-0.15, -0.1) is 0 Å². The molecule has 0 atom stereocenters. The molecule has 0 aliphatic carbocycles. The highest BCUT2D eigenvalue weighted by molar-refractivity contribution is 6.00. The van der Waals surface area contributed by atoms with Gasteiger partial charge in [-0.25, -0.2) is 0 Å². The third-order valence-electron chi connectivity index (χ3n) is 2.77. The second kappa shape index (κ2) is 5.75. The number of amides is 1. The lowest BCUT2D eigenvalue weighted by Gasteiger charge is -2.07. The van der Waals surface area contributed by atoms with Gasteiger partial charge >= 0.3 is 0 Å².